The van der Waals surface area contributed by atoms with Crippen molar-refractivity contribution < 1.29 is 13.6 Å². The van der Waals surface area contributed by atoms with Crippen molar-refractivity contribution in [3.63, 3.8) is 0 Å². The number of rotatable bonds is 2. The number of benzene rings is 1. The predicted molar refractivity (Wildman–Crippen MR) is 67.5 cm³/mol. The smallest absolute Gasteiger partial charge is 0.246 e. The number of carbonyl (C=O) groups excluding carboxylic acids is 1. The SMILES string of the molecule is Cc1cc(C(=O)c2cc3cc(F)ccc3o2)n(C)n1. The van der Waals surface area contributed by atoms with Gasteiger partial charge in [0.25, 0.3) is 0 Å². The first-order valence-corrected chi connectivity index (χ1v) is 5.79. The van der Waals surface area contributed by atoms with Crippen molar-refractivity contribution in [1.29, 1.82) is 0 Å². The number of carbonyl (C=O) groups is 1. The van der Waals surface area contributed by atoms with Gasteiger partial charge in [0.15, 0.2) is 5.76 Å². The fourth-order valence-corrected chi connectivity index (χ4v) is 2.08. The maximum atomic E-state index is 13.1. The molecule has 0 aliphatic carbocycles. The summed E-state index contributed by atoms with van der Waals surface area (Å²) in [6.45, 7) is 1.81. The van der Waals surface area contributed by atoms with Gasteiger partial charge in [-0.05, 0) is 37.3 Å². The van der Waals surface area contributed by atoms with Crippen LogP contribution in [0.1, 0.15) is 21.9 Å². The molecule has 0 aliphatic rings. The summed E-state index contributed by atoms with van der Waals surface area (Å²) in [6, 6.07) is 7.38. The third kappa shape index (κ3) is 1.93. The zero-order valence-corrected chi connectivity index (χ0v) is 10.5. The highest BCUT2D eigenvalue weighted by molar-refractivity contribution is 6.08. The number of aromatic nitrogens is 2. The lowest BCUT2D eigenvalue weighted by Gasteiger charge is -1.96. The minimum Gasteiger partial charge on any atom is -0.453 e. The van der Waals surface area contributed by atoms with Crippen LogP contribution in [0.2, 0.25) is 0 Å². The van der Waals surface area contributed by atoms with E-state index in [-0.39, 0.29) is 17.4 Å². The largest absolute Gasteiger partial charge is 0.453 e. The second-order valence-corrected chi connectivity index (χ2v) is 4.42. The van der Waals surface area contributed by atoms with Crippen LogP contribution in [-0.2, 0) is 7.05 Å². The summed E-state index contributed by atoms with van der Waals surface area (Å²) >= 11 is 0. The molecule has 4 nitrogen and oxygen atoms in total. The molecule has 2 heterocycles. The average Bonchev–Trinajstić information content (AvgIpc) is 2.91. The normalized spacial score (nSPS) is 11.1. The summed E-state index contributed by atoms with van der Waals surface area (Å²) in [7, 11) is 1.70. The van der Waals surface area contributed by atoms with Gasteiger partial charge < -0.3 is 4.42 Å². The molecule has 96 valence electrons. The highest BCUT2D eigenvalue weighted by atomic mass is 19.1. The van der Waals surface area contributed by atoms with Crippen molar-refractivity contribution in [3.8, 4) is 0 Å². The van der Waals surface area contributed by atoms with E-state index in [1.54, 1.807) is 19.2 Å². The summed E-state index contributed by atoms with van der Waals surface area (Å²) < 4.78 is 20.0. The van der Waals surface area contributed by atoms with Gasteiger partial charge in [0.1, 0.15) is 17.1 Å². The van der Waals surface area contributed by atoms with Crippen LogP contribution < -0.4 is 0 Å². The predicted octanol–water partition coefficient (Wildman–Crippen LogP) is 2.84. The molecule has 1 aromatic carbocycles. The van der Waals surface area contributed by atoms with Crippen LogP contribution in [0.25, 0.3) is 11.0 Å². The Kier molecular flexibility index (Phi) is 2.48. The van der Waals surface area contributed by atoms with Crippen molar-refractivity contribution in [2.45, 2.75) is 6.92 Å². The number of hydrogen-bond acceptors (Lipinski definition) is 3. The van der Waals surface area contributed by atoms with Crippen LogP contribution in [0, 0.1) is 12.7 Å². The van der Waals surface area contributed by atoms with Crippen molar-refractivity contribution >= 4 is 16.8 Å². The molecule has 19 heavy (non-hydrogen) atoms. The Morgan fingerprint density at radius 2 is 2.11 bits per heavy atom. The Bertz CT molecular complexity index is 786. The molecule has 0 spiro atoms. The molecule has 3 rings (SSSR count). The first kappa shape index (κ1) is 11.6. The van der Waals surface area contributed by atoms with Crippen LogP contribution in [0.3, 0.4) is 0 Å². The van der Waals surface area contributed by atoms with Crippen molar-refractivity contribution in [2.75, 3.05) is 0 Å². The minimum atomic E-state index is -0.358. The zero-order valence-electron chi connectivity index (χ0n) is 10.5. The molecule has 0 saturated carbocycles. The van der Waals surface area contributed by atoms with E-state index < -0.39 is 0 Å². The lowest BCUT2D eigenvalue weighted by molar-refractivity contribution is 0.100. The topological polar surface area (TPSA) is 48.0 Å². The number of halogens is 1. The van der Waals surface area contributed by atoms with E-state index in [0.29, 0.717) is 16.7 Å². The van der Waals surface area contributed by atoms with Crippen LogP contribution in [0.5, 0.6) is 0 Å². The Labute approximate surface area is 108 Å². The molecule has 0 fully saturated rings. The van der Waals surface area contributed by atoms with E-state index in [4.69, 9.17) is 4.42 Å². The number of fused-ring (bicyclic) bond motifs is 1. The Balaban J connectivity index is 2.09. The van der Waals surface area contributed by atoms with Gasteiger partial charge in [-0.2, -0.15) is 5.10 Å². The second-order valence-electron chi connectivity index (χ2n) is 4.42. The molecule has 0 atom stereocenters. The summed E-state index contributed by atoms with van der Waals surface area (Å²) in [5, 5.41) is 4.69. The van der Waals surface area contributed by atoms with Crippen molar-refractivity contribution in [3.05, 3.63) is 53.3 Å². The molecule has 5 heteroatoms. The van der Waals surface area contributed by atoms with Crippen LogP contribution >= 0.6 is 0 Å². The fraction of sp³-hybridized carbons (Fsp3) is 0.143. The monoisotopic (exact) mass is 258 g/mol. The Morgan fingerprint density at radius 3 is 2.79 bits per heavy atom. The zero-order chi connectivity index (χ0) is 13.6. The number of nitrogens with zero attached hydrogens (tertiary/aromatic N) is 2. The van der Waals surface area contributed by atoms with Gasteiger partial charge in [-0.25, -0.2) is 4.39 Å². The third-order valence-electron chi connectivity index (χ3n) is 2.94. The van der Waals surface area contributed by atoms with E-state index >= 15 is 0 Å². The molecule has 2 aromatic heterocycles. The van der Waals surface area contributed by atoms with Gasteiger partial charge in [-0.3, -0.25) is 9.48 Å². The van der Waals surface area contributed by atoms with E-state index in [0.717, 1.165) is 5.69 Å². The maximum absolute atomic E-state index is 13.1. The Morgan fingerprint density at radius 1 is 1.32 bits per heavy atom. The molecule has 0 aliphatic heterocycles. The summed E-state index contributed by atoms with van der Waals surface area (Å²) in [5.41, 5.74) is 1.69. The van der Waals surface area contributed by atoms with Gasteiger partial charge in [0.2, 0.25) is 5.78 Å². The van der Waals surface area contributed by atoms with Gasteiger partial charge in [0, 0.05) is 12.4 Å². The lowest BCUT2D eigenvalue weighted by Crippen LogP contribution is -2.07. The first-order valence-electron chi connectivity index (χ1n) is 5.79. The molecule has 0 radical (unpaired) electrons. The van der Waals surface area contributed by atoms with Gasteiger partial charge in [-0.1, -0.05) is 0 Å². The first-order chi connectivity index (χ1) is 9.04. The van der Waals surface area contributed by atoms with Crippen molar-refractivity contribution in [1.82, 2.24) is 9.78 Å². The second kappa shape index (κ2) is 4.05. The summed E-state index contributed by atoms with van der Waals surface area (Å²) in [5.74, 6) is -0.438. The van der Waals surface area contributed by atoms with E-state index in [9.17, 15) is 9.18 Å². The molecule has 0 amide bonds. The summed E-state index contributed by atoms with van der Waals surface area (Å²) in [6.07, 6.45) is 0. The Hall–Kier alpha value is -2.43. The van der Waals surface area contributed by atoms with Crippen LogP contribution in [-0.4, -0.2) is 15.6 Å². The number of hydrogen-bond donors (Lipinski definition) is 0. The number of aryl methyl sites for hydroxylation is 2. The van der Waals surface area contributed by atoms with E-state index in [1.165, 1.54) is 22.9 Å². The quantitative estimate of drug-likeness (QED) is 0.664. The van der Waals surface area contributed by atoms with E-state index in [1.807, 2.05) is 6.92 Å². The highest BCUT2D eigenvalue weighted by Gasteiger charge is 2.18. The molecule has 0 unspecified atom stereocenters. The van der Waals surface area contributed by atoms with Gasteiger partial charge >= 0.3 is 0 Å². The molecular weight excluding hydrogens is 247 g/mol. The number of furan rings is 1. The molecule has 0 N–H and O–H groups in total. The van der Waals surface area contributed by atoms with Crippen LogP contribution in [0.15, 0.2) is 34.7 Å². The third-order valence-corrected chi connectivity index (χ3v) is 2.94. The lowest BCUT2D eigenvalue weighted by atomic mass is 10.2. The fourth-order valence-electron chi connectivity index (χ4n) is 2.08. The van der Waals surface area contributed by atoms with Crippen LogP contribution in [0.4, 0.5) is 4.39 Å². The van der Waals surface area contributed by atoms with Gasteiger partial charge in [0.05, 0.1) is 5.69 Å². The minimum absolute atomic E-state index is 0.184. The van der Waals surface area contributed by atoms with Gasteiger partial charge in [-0.15, -0.1) is 0 Å². The average molecular weight is 258 g/mol. The van der Waals surface area contributed by atoms with Crippen molar-refractivity contribution in [2.24, 2.45) is 7.05 Å². The maximum Gasteiger partial charge on any atom is 0.246 e. The summed E-state index contributed by atoms with van der Waals surface area (Å²) in [4.78, 5) is 12.3. The molecule has 3 aromatic rings. The molecule has 0 bridgehead atoms. The number of ketones is 1. The molecular formula is C14H11FN2O2. The standard InChI is InChI=1S/C14H11FN2O2/c1-8-5-11(17(2)16-8)14(18)13-7-9-6-10(15)3-4-12(9)19-13/h3-7H,1-2H3. The highest BCUT2D eigenvalue weighted by Crippen LogP contribution is 2.22. The molecule has 0 saturated heterocycles. The van der Waals surface area contributed by atoms with E-state index in [2.05, 4.69) is 5.10 Å².